The van der Waals surface area contributed by atoms with Crippen LogP contribution in [0.15, 0.2) is 54.7 Å². The van der Waals surface area contributed by atoms with Crippen molar-refractivity contribution in [3.05, 3.63) is 78.8 Å². The van der Waals surface area contributed by atoms with Gasteiger partial charge in [0.25, 0.3) is 0 Å². The second-order valence-corrected chi connectivity index (χ2v) is 7.42. The third-order valence-corrected chi connectivity index (χ3v) is 5.13. The van der Waals surface area contributed by atoms with Gasteiger partial charge in [-0.3, -0.25) is 5.32 Å². The molecule has 3 aromatic rings. The first-order valence-electron chi connectivity index (χ1n) is 10.4. The number of hydrogen-bond acceptors (Lipinski definition) is 4. The normalized spacial score (nSPS) is 11.6. The average Bonchev–Trinajstić information content (AvgIpc) is 2.82. The molecule has 33 heavy (non-hydrogen) atoms. The Morgan fingerprint density at radius 2 is 1.91 bits per heavy atom. The third-order valence-electron chi connectivity index (χ3n) is 5.13. The fourth-order valence-electron chi connectivity index (χ4n) is 3.24. The number of pyridine rings is 1. The van der Waals surface area contributed by atoms with Crippen LogP contribution in [0.5, 0.6) is 0 Å². The molecule has 0 saturated carbocycles. The Morgan fingerprint density at radius 1 is 1.15 bits per heavy atom. The van der Waals surface area contributed by atoms with Gasteiger partial charge in [-0.25, -0.2) is 23.4 Å². The summed E-state index contributed by atoms with van der Waals surface area (Å²) in [5.41, 5.74) is 0.0315. The summed E-state index contributed by atoms with van der Waals surface area (Å²) in [6.45, 7) is 3.53. The van der Waals surface area contributed by atoms with E-state index in [-0.39, 0.29) is 18.7 Å². The SMILES string of the molecule is [CH2]CC[C@H](COC(=O)Nc1cc2ccccc2cn1)N(C)C(=O)NCc1cccc(F)c1F. The molecule has 0 fully saturated rings. The number of fused-ring (bicyclic) bond motifs is 1. The number of ether oxygens (including phenoxy) is 1. The zero-order valence-corrected chi connectivity index (χ0v) is 18.2. The molecule has 0 saturated heterocycles. The van der Waals surface area contributed by atoms with E-state index in [2.05, 4.69) is 22.5 Å². The number of carbonyl (C=O) groups excluding carboxylic acids is 2. The Bertz CT molecular complexity index is 1130. The molecule has 3 rings (SSSR count). The number of anilines is 1. The second kappa shape index (κ2) is 11.2. The number of aromatic nitrogens is 1. The molecule has 0 spiro atoms. The smallest absolute Gasteiger partial charge is 0.412 e. The van der Waals surface area contributed by atoms with Gasteiger partial charge in [-0.05, 0) is 23.9 Å². The lowest BCUT2D eigenvalue weighted by Crippen LogP contribution is -2.46. The molecule has 7 nitrogen and oxygen atoms in total. The predicted octanol–water partition coefficient (Wildman–Crippen LogP) is 4.89. The molecule has 173 valence electrons. The Hall–Kier alpha value is -3.75. The molecule has 1 radical (unpaired) electrons. The number of hydrogen-bond donors (Lipinski definition) is 2. The Kier molecular flexibility index (Phi) is 8.12. The fraction of sp³-hybridized carbons (Fsp3) is 0.250. The summed E-state index contributed by atoms with van der Waals surface area (Å²) in [6, 6.07) is 12.1. The minimum atomic E-state index is -1.00. The van der Waals surface area contributed by atoms with Crippen molar-refractivity contribution in [2.24, 2.45) is 0 Å². The molecular formula is C24H25F2N4O3. The van der Waals surface area contributed by atoms with E-state index in [0.717, 1.165) is 16.8 Å². The molecule has 3 amide bonds. The molecule has 0 bridgehead atoms. The molecule has 1 heterocycles. The summed E-state index contributed by atoms with van der Waals surface area (Å²) in [4.78, 5) is 30.3. The van der Waals surface area contributed by atoms with Crippen LogP contribution < -0.4 is 10.6 Å². The van der Waals surface area contributed by atoms with E-state index in [1.807, 2.05) is 24.3 Å². The fourth-order valence-corrected chi connectivity index (χ4v) is 3.24. The van der Waals surface area contributed by atoms with E-state index >= 15 is 0 Å². The van der Waals surface area contributed by atoms with Crippen molar-refractivity contribution in [1.82, 2.24) is 15.2 Å². The summed E-state index contributed by atoms with van der Waals surface area (Å²) < 4.78 is 32.4. The standard InChI is InChI=1S/C24H25F2N4O3/c1-3-7-19(30(2)23(31)28-14-18-10-6-11-20(25)22(18)26)15-33-24(32)29-21-12-16-8-4-5-9-17(16)13-27-21/h4-6,8-13,19H,1,3,7,14-15H2,2H3,(H,28,31)(H,27,29,32)/t19-/m1/s1. The minimum Gasteiger partial charge on any atom is -0.447 e. The van der Waals surface area contributed by atoms with Crippen LogP contribution in [0, 0.1) is 18.6 Å². The maximum atomic E-state index is 13.8. The lowest BCUT2D eigenvalue weighted by atomic mass is 10.1. The highest BCUT2D eigenvalue weighted by Crippen LogP contribution is 2.16. The van der Waals surface area contributed by atoms with E-state index in [1.165, 1.54) is 24.1 Å². The number of amides is 3. The molecule has 9 heteroatoms. The first-order chi connectivity index (χ1) is 15.9. The van der Waals surface area contributed by atoms with Gasteiger partial charge in [-0.2, -0.15) is 0 Å². The summed E-state index contributed by atoms with van der Waals surface area (Å²) in [6.07, 6.45) is 1.91. The monoisotopic (exact) mass is 455 g/mol. The van der Waals surface area contributed by atoms with Gasteiger partial charge in [-0.1, -0.05) is 49.7 Å². The van der Waals surface area contributed by atoms with Gasteiger partial charge in [-0.15, -0.1) is 0 Å². The lowest BCUT2D eigenvalue weighted by Gasteiger charge is -2.28. The lowest BCUT2D eigenvalue weighted by molar-refractivity contribution is 0.114. The number of urea groups is 1. The molecule has 0 aliphatic rings. The van der Waals surface area contributed by atoms with Crippen LogP contribution in [-0.4, -0.2) is 41.7 Å². The average molecular weight is 455 g/mol. The van der Waals surface area contributed by atoms with Crippen molar-refractivity contribution in [3.63, 3.8) is 0 Å². The van der Waals surface area contributed by atoms with E-state index < -0.39 is 29.8 Å². The summed E-state index contributed by atoms with van der Waals surface area (Å²) >= 11 is 0. The van der Waals surface area contributed by atoms with Crippen molar-refractivity contribution >= 4 is 28.7 Å². The zero-order valence-electron chi connectivity index (χ0n) is 18.2. The molecule has 2 aromatic carbocycles. The number of nitrogens with one attached hydrogen (secondary N) is 2. The van der Waals surface area contributed by atoms with Crippen LogP contribution in [0.25, 0.3) is 10.8 Å². The minimum absolute atomic E-state index is 0.0315. The molecular weight excluding hydrogens is 430 g/mol. The molecule has 0 aliphatic heterocycles. The largest absolute Gasteiger partial charge is 0.447 e. The van der Waals surface area contributed by atoms with Crippen LogP contribution in [0.4, 0.5) is 24.2 Å². The van der Waals surface area contributed by atoms with E-state index in [4.69, 9.17) is 4.74 Å². The number of nitrogens with zero attached hydrogens (tertiary/aromatic N) is 2. The zero-order chi connectivity index (χ0) is 23.8. The van der Waals surface area contributed by atoms with Crippen molar-refractivity contribution in [2.75, 3.05) is 19.0 Å². The van der Waals surface area contributed by atoms with Gasteiger partial charge in [0.1, 0.15) is 12.4 Å². The van der Waals surface area contributed by atoms with E-state index in [9.17, 15) is 18.4 Å². The molecule has 0 unspecified atom stereocenters. The van der Waals surface area contributed by atoms with Crippen LogP contribution in [-0.2, 0) is 11.3 Å². The second-order valence-electron chi connectivity index (χ2n) is 7.42. The van der Waals surface area contributed by atoms with Crippen molar-refractivity contribution in [1.29, 1.82) is 0 Å². The summed E-state index contributed by atoms with van der Waals surface area (Å²) in [5.74, 6) is -1.64. The van der Waals surface area contributed by atoms with E-state index in [1.54, 1.807) is 12.3 Å². The number of likely N-dealkylation sites (N-methyl/N-ethyl adjacent to an activating group) is 1. The van der Waals surface area contributed by atoms with Crippen LogP contribution in [0.1, 0.15) is 18.4 Å². The quantitative estimate of drug-likeness (QED) is 0.507. The maximum absolute atomic E-state index is 13.8. The maximum Gasteiger partial charge on any atom is 0.412 e. The first kappa shape index (κ1) is 23.9. The van der Waals surface area contributed by atoms with Gasteiger partial charge < -0.3 is 15.0 Å². The third kappa shape index (κ3) is 6.38. The van der Waals surface area contributed by atoms with Gasteiger partial charge in [0.05, 0.1) is 6.04 Å². The molecule has 1 atom stereocenters. The molecule has 1 aromatic heterocycles. The van der Waals surface area contributed by atoms with Crippen LogP contribution >= 0.6 is 0 Å². The molecule has 0 aliphatic carbocycles. The number of rotatable bonds is 8. The van der Waals surface area contributed by atoms with E-state index in [0.29, 0.717) is 18.7 Å². The van der Waals surface area contributed by atoms with Gasteiger partial charge in [0.2, 0.25) is 0 Å². The topological polar surface area (TPSA) is 83.6 Å². The van der Waals surface area contributed by atoms with Gasteiger partial charge in [0, 0.05) is 30.7 Å². The number of halogens is 2. The highest BCUT2D eigenvalue weighted by molar-refractivity contribution is 5.89. The number of carbonyl (C=O) groups is 2. The van der Waals surface area contributed by atoms with Crippen molar-refractivity contribution < 1.29 is 23.1 Å². The Labute approximate surface area is 190 Å². The highest BCUT2D eigenvalue weighted by atomic mass is 19.2. The van der Waals surface area contributed by atoms with Crippen LogP contribution in [0.3, 0.4) is 0 Å². The number of benzene rings is 2. The summed E-state index contributed by atoms with van der Waals surface area (Å²) in [5, 5.41) is 6.98. The summed E-state index contributed by atoms with van der Waals surface area (Å²) in [7, 11) is 1.53. The van der Waals surface area contributed by atoms with Crippen LogP contribution in [0.2, 0.25) is 0 Å². The van der Waals surface area contributed by atoms with Crippen molar-refractivity contribution in [3.8, 4) is 0 Å². The van der Waals surface area contributed by atoms with Gasteiger partial charge in [0.15, 0.2) is 11.6 Å². The first-order valence-corrected chi connectivity index (χ1v) is 10.4. The Morgan fingerprint density at radius 3 is 2.67 bits per heavy atom. The van der Waals surface area contributed by atoms with Crippen molar-refractivity contribution in [2.45, 2.75) is 25.4 Å². The molecule has 2 N–H and O–H groups in total. The highest BCUT2D eigenvalue weighted by Gasteiger charge is 2.21. The predicted molar refractivity (Wildman–Crippen MR) is 121 cm³/mol. The van der Waals surface area contributed by atoms with Gasteiger partial charge >= 0.3 is 12.1 Å². The Balaban J connectivity index is 1.54.